The molecule has 1 atom stereocenters. The Kier molecular flexibility index (Phi) is 9.42. The fourth-order valence-corrected chi connectivity index (χ4v) is 1.86. The van der Waals surface area contributed by atoms with Gasteiger partial charge in [-0.3, -0.25) is 0 Å². The lowest BCUT2D eigenvalue weighted by Crippen LogP contribution is -2.33. The first-order valence-electron chi connectivity index (χ1n) is 5.98. The lowest BCUT2D eigenvalue weighted by molar-refractivity contribution is 0.191. The summed E-state index contributed by atoms with van der Waals surface area (Å²) in [5.41, 5.74) is 0. The van der Waals surface area contributed by atoms with E-state index in [1.165, 1.54) is 25.7 Å². The summed E-state index contributed by atoms with van der Waals surface area (Å²) in [6.07, 6.45) is 4.95. The summed E-state index contributed by atoms with van der Waals surface area (Å²) in [6, 6.07) is 0.660. The van der Waals surface area contributed by atoms with Crippen LogP contribution in [0.25, 0.3) is 0 Å². The minimum Gasteiger partial charge on any atom is -0.385 e. The third-order valence-corrected chi connectivity index (χ3v) is 3.00. The summed E-state index contributed by atoms with van der Waals surface area (Å²) in [5, 5.41) is 3.59. The third kappa shape index (κ3) is 6.39. The quantitative estimate of drug-likeness (QED) is 0.579. The summed E-state index contributed by atoms with van der Waals surface area (Å²) in [5.74, 6) is 0.831. The van der Waals surface area contributed by atoms with Crippen LogP contribution < -0.4 is 5.32 Å². The lowest BCUT2D eigenvalue weighted by atomic mass is 9.95. The molecule has 0 aromatic heterocycles. The van der Waals surface area contributed by atoms with Crippen LogP contribution in [0.5, 0.6) is 0 Å². The molecule has 0 heterocycles. The predicted octanol–water partition coefficient (Wildman–Crippen LogP) is 2.83. The standard InChI is InChI=1S/C12H27NO/c1-5-12(6-2)11(3)13-9-7-8-10-14-4/h11-13H,5-10H2,1-4H3. The van der Waals surface area contributed by atoms with Crippen molar-refractivity contribution in [2.24, 2.45) is 5.92 Å². The van der Waals surface area contributed by atoms with Crippen LogP contribution in [0.1, 0.15) is 46.5 Å². The molecule has 0 amide bonds. The Labute approximate surface area is 89.4 Å². The Bertz CT molecular complexity index is 113. The Morgan fingerprint density at radius 2 is 1.79 bits per heavy atom. The molecule has 0 spiro atoms. The van der Waals surface area contributed by atoms with Gasteiger partial charge in [0.15, 0.2) is 0 Å². The Hall–Kier alpha value is -0.0800. The van der Waals surface area contributed by atoms with E-state index in [9.17, 15) is 0 Å². The molecule has 86 valence electrons. The average molecular weight is 201 g/mol. The summed E-state index contributed by atoms with van der Waals surface area (Å²) in [6.45, 7) is 8.87. The maximum Gasteiger partial charge on any atom is 0.0462 e. The van der Waals surface area contributed by atoms with E-state index in [1.54, 1.807) is 7.11 Å². The molecule has 0 fully saturated rings. The highest BCUT2D eigenvalue weighted by molar-refractivity contribution is 4.69. The van der Waals surface area contributed by atoms with Crippen LogP contribution in [0.2, 0.25) is 0 Å². The van der Waals surface area contributed by atoms with Crippen molar-refractivity contribution in [2.45, 2.75) is 52.5 Å². The first-order chi connectivity index (χ1) is 6.76. The highest BCUT2D eigenvalue weighted by Gasteiger charge is 2.11. The average Bonchev–Trinajstić information content (AvgIpc) is 2.19. The normalized spacial score (nSPS) is 13.5. The molecule has 1 N–H and O–H groups in total. The van der Waals surface area contributed by atoms with Gasteiger partial charge in [-0.15, -0.1) is 0 Å². The molecule has 0 radical (unpaired) electrons. The van der Waals surface area contributed by atoms with Gasteiger partial charge in [-0.05, 0) is 32.2 Å². The number of methoxy groups -OCH3 is 1. The van der Waals surface area contributed by atoms with Crippen molar-refractivity contribution in [3.63, 3.8) is 0 Å². The van der Waals surface area contributed by atoms with E-state index in [0.717, 1.165) is 19.1 Å². The van der Waals surface area contributed by atoms with E-state index in [2.05, 4.69) is 26.1 Å². The summed E-state index contributed by atoms with van der Waals surface area (Å²) < 4.78 is 5.01. The van der Waals surface area contributed by atoms with Crippen molar-refractivity contribution in [1.29, 1.82) is 0 Å². The maximum atomic E-state index is 5.01. The molecule has 1 unspecified atom stereocenters. The van der Waals surface area contributed by atoms with E-state index in [-0.39, 0.29) is 0 Å². The van der Waals surface area contributed by atoms with Crippen LogP contribution in [0.4, 0.5) is 0 Å². The fourth-order valence-electron chi connectivity index (χ4n) is 1.86. The van der Waals surface area contributed by atoms with Crippen LogP contribution >= 0.6 is 0 Å². The molecule has 14 heavy (non-hydrogen) atoms. The minimum atomic E-state index is 0.660. The van der Waals surface area contributed by atoms with Crippen molar-refractivity contribution < 1.29 is 4.74 Å². The predicted molar refractivity (Wildman–Crippen MR) is 62.6 cm³/mol. The van der Waals surface area contributed by atoms with Crippen LogP contribution in [0.15, 0.2) is 0 Å². The third-order valence-electron chi connectivity index (χ3n) is 3.00. The molecule has 0 aliphatic carbocycles. The number of hydrogen-bond donors (Lipinski definition) is 1. The second-order valence-electron chi connectivity index (χ2n) is 4.02. The van der Waals surface area contributed by atoms with Crippen LogP contribution in [-0.2, 0) is 4.74 Å². The molecule has 0 aliphatic heterocycles. The zero-order valence-electron chi connectivity index (χ0n) is 10.3. The molecule has 0 saturated carbocycles. The topological polar surface area (TPSA) is 21.3 Å². The fraction of sp³-hybridized carbons (Fsp3) is 1.00. The first kappa shape index (κ1) is 13.9. The van der Waals surface area contributed by atoms with Crippen LogP contribution in [-0.4, -0.2) is 26.3 Å². The van der Waals surface area contributed by atoms with Gasteiger partial charge in [-0.1, -0.05) is 26.7 Å². The summed E-state index contributed by atoms with van der Waals surface area (Å²) in [7, 11) is 1.76. The second-order valence-corrected chi connectivity index (χ2v) is 4.02. The monoisotopic (exact) mass is 201 g/mol. The van der Waals surface area contributed by atoms with Gasteiger partial charge in [0.2, 0.25) is 0 Å². The Balaban J connectivity index is 3.37. The maximum absolute atomic E-state index is 5.01. The van der Waals surface area contributed by atoms with Gasteiger partial charge in [0, 0.05) is 19.8 Å². The Morgan fingerprint density at radius 1 is 1.14 bits per heavy atom. The molecule has 2 nitrogen and oxygen atoms in total. The molecule has 0 aliphatic rings. The molecule has 0 saturated heterocycles. The zero-order valence-corrected chi connectivity index (χ0v) is 10.3. The van der Waals surface area contributed by atoms with E-state index in [4.69, 9.17) is 4.74 Å². The molecular formula is C12H27NO. The largest absolute Gasteiger partial charge is 0.385 e. The van der Waals surface area contributed by atoms with Gasteiger partial charge in [0.05, 0.1) is 0 Å². The molecular weight excluding hydrogens is 174 g/mol. The molecule has 0 bridgehead atoms. The van der Waals surface area contributed by atoms with Crippen molar-refractivity contribution in [3.05, 3.63) is 0 Å². The van der Waals surface area contributed by atoms with Gasteiger partial charge >= 0.3 is 0 Å². The number of unbranched alkanes of at least 4 members (excludes halogenated alkanes) is 1. The summed E-state index contributed by atoms with van der Waals surface area (Å²) >= 11 is 0. The van der Waals surface area contributed by atoms with E-state index < -0.39 is 0 Å². The van der Waals surface area contributed by atoms with Gasteiger partial charge in [-0.25, -0.2) is 0 Å². The van der Waals surface area contributed by atoms with Crippen molar-refractivity contribution >= 4 is 0 Å². The first-order valence-corrected chi connectivity index (χ1v) is 5.98. The number of ether oxygens (including phenoxy) is 1. The van der Waals surface area contributed by atoms with E-state index in [0.29, 0.717) is 6.04 Å². The van der Waals surface area contributed by atoms with Gasteiger partial charge in [0.1, 0.15) is 0 Å². The van der Waals surface area contributed by atoms with Crippen molar-refractivity contribution in [3.8, 4) is 0 Å². The molecule has 0 rings (SSSR count). The minimum absolute atomic E-state index is 0.660. The molecule has 0 aromatic carbocycles. The van der Waals surface area contributed by atoms with Gasteiger partial charge in [-0.2, -0.15) is 0 Å². The number of hydrogen-bond acceptors (Lipinski definition) is 2. The highest BCUT2D eigenvalue weighted by atomic mass is 16.5. The lowest BCUT2D eigenvalue weighted by Gasteiger charge is -2.22. The Morgan fingerprint density at radius 3 is 2.29 bits per heavy atom. The zero-order chi connectivity index (χ0) is 10.8. The van der Waals surface area contributed by atoms with Gasteiger partial charge in [0.25, 0.3) is 0 Å². The number of nitrogens with one attached hydrogen (secondary N) is 1. The van der Waals surface area contributed by atoms with E-state index >= 15 is 0 Å². The number of rotatable bonds is 9. The molecule has 2 heteroatoms. The van der Waals surface area contributed by atoms with Crippen molar-refractivity contribution in [1.82, 2.24) is 5.32 Å². The van der Waals surface area contributed by atoms with Crippen molar-refractivity contribution in [2.75, 3.05) is 20.3 Å². The van der Waals surface area contributed by atoms with Gasteiger partial charge < -0.3 is 10.1 Å². The highest BCUT2D eigenvalue weighted by Crippen LogP contribution is 2.12. The summed E-state index contributed by atoms with van der Waals surface area (Å²) in [4.78, 5) is 0. The SMILES string of the molecule is CCC(CC)C(C)NCCCCOC. The van der Waals surface area contributed by atoms with E-state index in [1.807, 2.05) is 0 Å². The van der Waals surface area contributed by atoms with Crippen LogP contribution in [0.3, 0.4) is 0 Å². The van der Waals surface area contributed by atoms with Crippen LogP contribution in [0, 0.1) is 5.92 Å². The second kappa shape index (κ2) is 9.47. The molecule has 0 aromatic rings. The smallest absolute Gasteiger partial charge is 0.0462 e.